The van der Waals surface area contributed by atoms with Gasteiger partial charge in [-0.2, -0.15) is 0 Å². The molecule has 2 N–H and O–H groups in total. The lowest BCUT2D eigenvalue weighted by molar-refractivity contribution is -0.113. The predicted molar refractivity (Wildman–Crippen MR) is 101 cm³/mol. The molecule has 0 saturated carbocycles. The average Bonchev–Trinajstić information content (AvgIpc) is 2.56. The molecule has 6 heteroatoms. The van der Waals surface area contributed by atoms with Crippen LogP contribution in [0, 0.1) is 19.3 Å². The third-order valence-electron chi connectivity index (χ3n) is 3.67. The van der Waals surface area contributed by atoms with Crippen molar-refractivity contribution < 1.29 is 4.79 Å². The topological polar surface area (TPSA) is 65.8 Å². The zero-order valence-corrected chi connectivity index (χ0v) is 15.1. The van der Waals surface area contributed by atoms with Crippen molar-refractivity contribution >= 4 is 45.6 Å². The van der Waals surface area contributed by atoms with Gasteiger partial charge in [0.1, 0.15) is 4.67 Å². The van der Waals surface area contributed by atoms with Crippen LogP contribution in [0.25, 0.3) is 10.9 Å². The van der Waals surface area contributed by atoms with Gasteiger partial charge in [0.15, 0.2) is 4.34 Å². The first kappa shape index (κ1) is 16.7. The molecule has 24 heavy (non-hydrogen) atoms. The fourth-order valence-electron chi connectivity index (χ4n) is 2.23. The average molecular weight is 355 g/mol. The molecule has 0 unspecified atom stereocenters. The minimum absolute atomic E-state index is 0.0723. The molecular formula is C18H17N3OS2. The number of hydrogen-bond acceptors (Lipinski definition) is 5. The Bertz CT molecular complexity index is 966. The van der Waals surface area contributed by atoms with Crippen LogP contribution in [0.15, 0.2) is 46.8 Å². The summed E-state index contributed by atoms with van der Waals surface area (Å²) in [4.78, 5) is 16.7. The maximum Gasteiger partial charge on any atom is 0.234 e. The van der Waals surface area contributed by atoms with Crippen LogP contribution in [-0.4, -0.2) is 16.6 Å². The largest absolute Gasteiger partial charge is 0.325 e. The number of nitrogens with zero attached hydrogens (tertiary/aromatic N) is 1. The Morgan fingerprint density at radius 3 is 2.79 bits per heavy atom. The number of aryl methyl sites for hydroxylation is 2. The molecule has 0 aliphatic rings. The molecule has 1 heterocycles. The van der Waals surface area contributed by atoms with Gasteiger partial charge in [-0.3, -0.25) is 10.2 Å². The molecule has 1 aromatic heterocycles. The lowest BCUT2D eigenvalue weighted by Gasteiger charge is -2.07. The van der Waals surface area contributed by atoms with E-state index in [1.165, 1.54) is 28.7 Å². The summed E-state index contributed by atoms with van der Waals surface area (Å²) in [5.74, 6) is 0.200. The van der Waals surface area contributed by atoms with Crippen LogP contribution in [0.5, 0.6) is 0 Å². The van der Waals surface area contributed by atoms with Gasteiger partial charge in [-0.05, 0) is 49.2 Å². The maximum atomic E-state index is 12.1. The number of para-hydroxylation sites is 1. The first-order valence-electron chi connectivity index (χ1n) is 7.47. The van der Waals surface area contributed by atoms with Crippen LogP contribution in [0.4, 0.5) is 5.69 Å². The molecule has 0 aliphatic heterocycles. The maximum absolute atomic E-state index is 12.1. The van der Waals surface area contributed by atoms with Crippen molar-refractivity contribution in [3.05, 3.63) is 58.3 Å². The fourth-order valence-corrected chi connectivity index (χ4v) is 3.99. The third kappa shape index (κ3) is 3.83. The SMILES string of the molecule is Cc1ccc(NC(=O)CSc2nc3ccccc3c(=N)s2)cc1C. The third-order valence-corrected chi connectivity index (χ3v) is 5.71. The Morgan fingerprint density at radius 1 is 1.21 bits per heavy atom. The van der Waals surface area contributed by atoms with Crippen LogP contribution in [0.2, 0.25) is 0 Å². The molecule has 0 radical (unpaired) electrons. The number of amides is 1. The number of carbonyl (C=O) groups excluding carboxylic acids is 1. The Balaban J connectivity index is 1.68. The molecule has 0 fully saturated rings. The van der Waals surface area contributed by atoms with Crippen molar-refractivity contribution in [3.8, 4) is 0 Å². The monoisotopic (exact) mass is 355 g/mol. The van der Waals surface area contributed by atoms with Crippen LogP contribution >= 0.6 is 23.1 Å². The summed E-state index contributed by atoms with van der Waals surface area (Å²) >= 11 is 2.66. The van der Waals surface area contributed by atoms with Crippen LogP contribution in [-0.2, 0) is 4.79 Å². The van der Waals surface area contributed by atoms with Crippen molar-refractivity contribution in [2.24, 2.45) is 0 Å². The van der Waals surface area contributed by atoms with Gasteiger partial charge in [-0.1, -0.05) is 41.3 Å². The summed E-state index contributed by atoms with van der Waals surface area (Å²) in [6, 6.07) is 13.5. The van der Waals surface area contributed by atoms with E-state index in [0.29, 0.717) is 4.67 Å². The lowest BCUT2D eigenvalue weighted by Crippen LogP contribution is -2.14. The predicted octanol–water partition coefficient (Wildman–Crippen LogP) is 4.12. The number of rotatable bonds is 4. The highest BCUT2D eigenvalue weighted by Gasteiger charge is 2.08. The molecule has 0 bridgehead atoms. The molecule has 1 amide bonds. The molecular weight excluding hydrogens is 338 g/mol. The first-order valence-corrected chi connectivity index (χ1v) is 9.27. The quantitative estimate of drug-likeness (QED) is 0.692. The summed E-state index contributed by atoms with van der Waals surface area (Å²) in [6.07, 6.45) is 0. The van der Waals surface area contributed by atoms with Crippen LogP contribution < -0.4 is 9.99 Å². The molecule has 0 aliphatic carbocycles. The van der Waals surface area contributed by atoms with Crippen molar-refractivity contribution in [1.29, 1.82) is 5.41 Å². The van der Waals surface area contributed by atoms with E-state index in [1.807, 2.05) is 56.3 Å². The van der Waals surface area contributed by atoms with Gasteiger partial charge >= 0.3 is 0 Å². The minimum Gasteiger partial charge on any atom is -0.325 e. The Morgan fingerprint density at radius 2 is 2.00 bits per heavy atom. The number of thioether (sulfide) groups is 1. The molecule has 0 spiro atoms. The van der Waals surface area contributed by atoms with Crippen molar-refractivity contribution in [2.45, 2.75) is 18.2 Å². The number of fused-ring (bicyclic) bond motifs is 1. The van der Waals surface area contributed by atoms with E-state index in [9.17, 15) is 4.79 Å². The molecule has 0 saturated heterocycles. The van der Waals surface area contributed by atoms with E-state index in [2.05, 4.69) is 10.3 Å². The van der Waals surface area contributed by atoms with E-state index in [-0.39, 0.29) is 11.7 Å². The smallest absolute Gasteiger partial charge is 0.234 e. The minimum atomic E-state index is -0.0723. The Hall–Kier alpha value is -2.18. The molecule has 3 rings (SSSR count). The van der Waals surface area contributed by atoms with Crippen LogP contribution in [0.3, 0.4) is 0 Å². The summed E-state index contributed by atoms with van der Waals surface area (Å²) in [5, 5.41) is 11.8. The van der Waals surface area contributed by atoms with Gasteiger partial charge in [0.2, 0.25) is 5.91 Å². The summed E-state index contributed by atoms with van der Waals surface area (Å²) in [5.41, 5.74) is 3.95. The number of carbonyl (C=O) groups is 1. The standard InChI is InChI=1S/C18H17N3OS2/c1-11-7-8-13(9-12(11)2)20-16(22)10-23-18-21-15-6-4-3-5-14(15)17(19)24-18/h3-9,19H,10H2,1-2H3,(H,20,22). The van der Waals surface area contributed by atoms with Crippen molar-refractivity contribution in [3.63, 3.8) is 0 Å². The molecule has 122 valence electrons. The van der Waals surface area contributed by atoms with Gasteiger partial charge in [0, 0.05) is 11.1 Å². The normalized spacial score (nSPS) is 10.8. The first-order chi connectivity index (χ1) is 11.5. The van der Waals surface area contributed by atoms with Gasteiger partial charge in [-0.25, -0.2) is 4.98 Å². The van der Waals surface area contributed by atoms with Crippen molar-refractivity contribution in [2.75, 3.05) is 11.1 Å². The van der Waals surface area contributed by atoms with Crippen LogP contribution in [0.1, 0.15) is 11.1 Å². The van der Waals surface area contributed by atoms with E-state index in [0.717, 1.165) is 26.5 Å². The summed E-state index contributed by atoms with van der Waals surface area (Å²) in [6.45, 7) is 4.07. The van der Waals surface area contributed by atoms with E-state index < -0.39 is 0 Å². The Kier molecular flexibility index (Phi) is 4.97. The second-order valence-corrected chi connectivity index (χ2v) is 7.68. The summed E-state index contributed by atoms with van der Waals surface area (Å²) < 4.78 is 1.20. The number of anilines is 1. The lowest BCUT2D eigenvalue weighted by atomic mass is 10.1. The second kappa shape index (κ2) is 7.15. The zero-order valence-electron chi connectivity index (χ0n) is 13.4. The second-order valence-electron chi connectivity index (χ2n) is 5.46. The highest BCUT2D eigenvalue weighted by molar-refractivity contribution is 8.01. The summed E-state index contributed by atoms with van der Waals surface area (Å²) in [7, 11) is 0. The van der Waals surface area contributed by atoms with Gasteiger partial charge in [0.05, 0.1) is 11.3 Å². The Labute approximate surface area is 148 Å². The van der Waals surface area contributed by atoms with Gasteiger partial charge in [-0.15, -0.1) is 0 Å². The van der Waals surface area contributed by atoms with Gasteiger partial charge in [0.25, 0.3) is 0 Å². The van der Waals surface area contributed by atoms with Gasteiger partial charge < -0.3 is 5.32 Å². The van der Waals surface area contributed by atoms with E-state index in [4.69, 9.17) is 5.41 Å². The van der Waals surface area contributed by atoms with E-state index in [1.54, 1.807) is 0 Å². The molecule has 0 atom stereocenters. The molecule has 4 nitrogen and oxygen atoms in total. The number of benzene rings is 2. The fraction of sp³-hybridized carbons (Fsp3) is 0.167. The highest BCUT2D eigenvalue weighted by Crippen LogP contribution is 2.21. The number of aromatic nitrogens is 1. The highest BCUT2D eigenvalue weighted by atomic mass is 32.2. The van der Waals surface area contributed by atoms with Crippen molar-refractivity contribution in [1.82, 2.24) is 4.98 Å². The number of hydrogen-bond donors (Lipinski definition) is 2. The molecule has 3 aromatic rings. The van der Waals surface area contributed by atoms with E-state index >= 15 is 0 Å². The molecule has 2 aromatic carbocycles. The number of nitrogens with one attached hydrogen (secondary N) is 2. The zero-order chi connectivity index (χ0) is 17.1.